The third kappa shape index (κ3) is 7.12. The van der Waals surface area contributed by atoms with Crippen LogP contribution in [0, 0.1) is 0 Å². The summed E-state index contributed by atoms with van der Waals surface area (Å²) in [7, 11) is -14.9. The summed E-state index contributed by atoms with van der Waals surface area (Å²) in [5, 5.41) is 20.3. The van der Waals surface area contributed by atoms with Crippen molar-refractivity contribution in [3.63, 3.8) is 0 Å². The molecule has 2 unspecified atom stereocenters. The summed E-state index contributed by atoms with van der Waals surface area (Å²) < 4.78 is 45.4. The summed E-state index contributed by atoms with van der Waals surface area (Å²) in [5.41, 5.74) is 3.37. The van der Waals surface area contributed by atoms with Crippen LogP contribution in [0.15, 0.2) is 21.9 Å². The lowest BCUT2D eigenvalue weighted by molar-refractivity contribution is -0.129. The molecule has 1 fully saturated rings. The Bertz CT molecular complexity index is 1120. The Labute approximate surface area is 179 Å². The van der Waals surface area contributed by atoms with Gasteiger partial charge >= 0.3 is 20.9 Å². The van der Waals surface area contributed by atoms with Gasteiger partial charge < -0.3 is 40.3 Å². The molecular formula is C13H22N3O13P3. The summed E-state index contributed by atoms with van der Waals surface area (Å²) in [6.45, 7) is 0.0677. The molecule has 1 aliphatic rings. The third-order valence-electron chi connectivity index (χ3n) is 3.97. The zero-order valence-electron chi connectivity index (χ0n) is 16.1. The van der Waals surface area contributed by atoms with Gasteiger partial charge in [0, 0.05) is 12.7 Å². The minimum atomic E-state index is -5.10. The number of nitrogens with one attached hydrogen (secondary N) is 1. The van der Waals surface area contributed by atoms with E-state index in [9.17, 15) is 43.3 Å². The number of hydrogen-bond acceptors (Lipinski definition) is 10. The fraction of sp³-hybridized carbons (Fsp3) is 0.538. The van der Waals surface area contributed by atoms with Crippen LogP contribution < -0.4 is 17.0 Å². The lowest BCUT2D eigenvalue weighted by atomic mass is 10.2. The number of aliphatic hydroxyl groups is 2. The summed E-state index contributed by atoms with van der Waals surface area (Å²) in [6, 6.07) is 0. The van der Waals surface area contributed by atoms with E-state index in [0.717, 1.165) is 6.20 Å². The van der Waals surface area contributed by atoms with Crippen LogP contribution in [0.2, 0.25) is 0 Å². The van der Waals surface area contributed by atoms with E-state index in [0.29, 0.717) is 4.57 Å². The number of ether oxygens (including phenoxy) is 1. The first-order valence-corrected chi connectivity index (χ1v) is 14.2. The van der Waals surface area contributed by atoms with E-state index >= 15 is 0 Å². The Balaban J connectivity index is 2.25. The Hall–Kier alpha value is -1.25. The van der Waals surface area contributed by atoms with Crippen LogP contribution in [0.5, 0.6) is 0 Å². The maximum absolute atomic E-state index is 12.2. The zero-order chi connectivity index (χ0) is 24.5. The van der Waals surface area contributed by atoms with Crippen LogP contribution in [0.1, 0.15) is 11.8 Å². The topological polar surface area (TPSA) is 272 Å². The molecule has 0 amide bonds. The Morgan fingerprint density at radius 1 is 1.12 bits per heavy atom. The number of aromatic nitrogens is 2. The summed E-state index contributed by atoms with van der Waals surface area (Å²) in [4.78, 5) is 62.9. The van der Waals surface area contributed by atoms with Gasteiger partial charge in [-0.25, -0.2) is 4.79 Å². The molecule has 1 saturated heterocycles. The fourth-order valence-electron chi connectivity index (χ4n) is 2.76. The van der Waals surface area contributed by atoms with Gasteiger partial charge in [-0.15, -0.1) is 0 Å². The monoisotopic (exact) mass is 521 g/mol. The molecule has 19 heteroatoms. The molecule has 1 aromatic rings. The molecular weight excluding hydrogens is 499 g/mol. The second kappa shape index (κ2) is 9.94. The highest BCUT2D eigenvalue weighted by Crippen LogP contribution is 2.64. The smallest absolute Gasteiger partial charge is 0.340 e. The quantitative estimate of drug-likeness (QED) is 0.158. The first-order valence-electron chi connectivity index (χ1n) is 8.64. The van der Waals surface area contributed by atoms with Crippen molar-refractivity contribution in [2.45, 2.75) is 24.7 Å². The molecule has 2 heterocycles. The van der Waals surface area contributed by atoms with Crippen molar-refractivity contribution < 1.29 is 52.7 Å². The van der Waals surface area contributed by atoms with Crippen molar-refractivity contribution >= 4 is 28.6 Å². The number of hydrogen-bond donors (Lipinski definition) is 8. The van der Waals surface area contributed by atoms with Crippen molar-refractivity contribution in [1.29, 1.82) is 0 Å². The molecule has 32 heavy (non-hydrogen) atoms. The molecule has 0 saturated carbocycles. The van der Waals surface area contributed by atoms with Gasteiger partial charge in [0.25, 0.3) is 5.56 Å². The molecule has 6 atom stereocenters. The third-order valence-corrected chi connectivity index (χ3v) is 10.9. The summed E-state index contributed by atoms with van der Waals surface area (Å²) in [5.74, 6) is -3.16. The van der Waals surface area contributed by atoms with Gasteiger partial charge in [-0.3, -0.25) is 32.6 Å². The SMILES string of the molecule is NC/C=C/c1cn([C@@H]2O[C@H](OP(=O)(O)CP(=O)(O)CP(=O)(O)O)[C@@H](O)[C@H]2O)c(=O)[nH]c1=O. The molecule has 0 aromatic carbocycles. The number of H-pyrrole nitrogens is 1. The maximum atomic E-state index is 12.2. The lowest BCUT2D eigenvalue weighted by Crippen LogP contribution is -2.38. The van der Waals surface area contributed by atoms with Crippen molar-refractivity contribution in [2.75, 3.05) is 18.4 Å². The molecule has 1 aromatic heterocycles. The number of aromatic amines is 1. The van der Waals surface area contributed by atoms with Gasteiger partial charge in [-0.2, -0.15) is 0 Å². The average molecular weight is 521 g/mol. The first kappa shape index (κ1) is 27.0. The van der Waals surface area contributed by atoms with Gasteiger partial charge in [0.05, 0.1) is 5.56 Å². The van der Waals surface area contributed by atoms with E-state index in [4.69, 9.17) is 20.3 Å². The van der Waals surface area contributed by atoms with E-state index in [-0.39, 0.29) is 12.1 Å². The van der Waals surface area contributed by atoms with Crippen molar-refractivity contribution in [1.82, 2.24) is 9.55 Å². The predicted molar refractivity (Wildman–Crippen MR) is 108 cm³/mol. The van der Waals surface area contributed by atoms with Gasteiger partial charge in [0.15, 0.2) is 12.5 Å². The number of nitrogens with zero attached hydrogens (tertiary/aromatic N) is 1. The van der Waals surface area contributed by atoms with E-state index in [1.165, 1.54) is 12.2 Å². The van der Waals surface area contributed by atoms with Gasteiger partial charge in [-0.1, -0.05) is 12.2 Å². The van der Waals surface area contributed by atoms with Crippen molar-refractivity contribution in [2.24, 2.45) is 5.73 Å². The normalized spacial score (nSPS) is 28.0. The summed E-state index contributed by atoms with van der Waals surface area (Å²) >= 11 is 0. The van der Waals surface area contributed by atoms with Gasteiger partial charge in [0.2, 0.25) is 7.37 Å². The fourth-order valence-corrected chi connectivity index (χ4v) is 9.22. The van der Waals surface area contributed by atoms with Gasteiger partial charge in [-0.05, 0) is 0 Å². The van der Waals surface area contributed by atoms with Crippen molar-refractivity contribution in [3.05, 3.63) is 38.7 Å². The van der Waals surface area contributed by atoms with Crippen LogP contribution in [0.4, 0.5) is 0 Å². The number of aliphatic hydroxyl groups excluding tert-OH is 2. The minimum Gasteiger partial charge on any atom is -0.385 e. The maximum Gasteiger partial charge on any atom is 0.340 e. The van der Waals surface area contributed by atoms with E-state index in [1.54, 1.807) is 0 Å². The van der Waals surface area contributed by atoms with Crippen LogP contribution in [-0.2, 0) is 23.0 Å². The molecule has 1 aliphatic heterocycles. The number of rotatable bonds is 9. The lowest BCUT2D eigenvalue weighted by Gasteiger charge is -2.21. The molecule has 9 N–H and O–H groups in total. The van der Waals surface area contributed by atoms with E-state index in [1.807, 2.05) is 4.98 Å². The highest BCUT2D eigenvalue weighted by Gasteiger charge is 2.49. The van der Waals surface area contributed by atoms with Crippen LogP contribution in [-0.4, -0.2) is 76.2 Å². The average Bonchev–Trinajstić information content (AvgIpc) is 2.85. The van der Waals surface area contributed by atoms with Crippen LogP contribution in [0.25, 0.3) is 6.08 Å². The van der Waals surface area contributed by atoms with Gasteiger partial charge in [0.1, 0.15) is 24.0 Å². The van der Waals surface area contributed by atoms with Crippen molar-refractivity contribution in [3.8, 4) is 0 Å². The molecule has 0 radical (unpaired) electrons. The highest BCUT2D eigenvalue weighted by atomic mass is 31.3. The number of nitrogens with two attached hydrogens (primary N) is 1. The Morgan fingerprint density at radius 3 is 2.31 bits per heavy atom. The molecule has 2 rings (SSSR count). The Morgan fingerprint density at radius 2 is 1.75 bits per heavy atom. The first-order chi connectivity index (χ1) is 14.6. The van der Waals surface area contributed by atoms with E-state index < -0.39 is 70.3 Å². The van der Waals surface area contributed by atoms with Crippen LogP contribution >= 0.6 is 22.6 Å². The minimum absolute atomic E-state index is 0.0677. The highest BCUT2D eigenvalue weighted by molar-refractivity contribution is 7.79. The Kier molecular flexibility index (Phi) is 8.38. The largest absolute Gasteiger partial charge is 0.385 e. The molecule has 0 bridgehead atoms. The second-order valence-electron chi connectivity index (χ2n) is 6.80. The standard InChI is InChI=1S/C13H22N3O13P3/c14-3-1-2-7-4-16(13(20)15-10(7)19)11-8(17)9(18)12(28-11)29-32(26,27)6-30(21,22)5-31(23,24)25/h1-2,4,8-9,11-12,17-18H,3,5-6,14H2,(H,21,22)(H,26,27)(H,15,19,20)(H2,23,24,25)/b2-1+/t8-,9+,11-,12-/m1/s1. The second-order valence-corrected chi connectivity index (χ2v) is 13.6. The van der Waals surface area contributed by atoms with E-state index in [2.05, 4.69) is 4.52 Å². The predicted octanol–water partition coefficient (Wildman–Crippen LogP) is -2.35. The molecule has 0 spiro atoms. The molecule has 182 valence electrons. The van der Waals surface area contributed by atoms with Crippen LogP contribution in [0.3, 0.4) is 0 Å². The zero-order valence-corrected chi connectivity index (χ0v) is 18.8. The summed E-state index contributed by atoms with van der Waals surface area (Å²) in [6.07, 6.45) is -4.10. The molecule has 16 nitrogen and oxygen atoms in total. The molecule has 0 aliphatic carbocycles.